The Kier molecular flexibility index (Phi) is 1.49. The van der Waals surface area contributed by atoms with Crippen LogP contribution in [0.2, 0.25) is 0 Å². The number of nitrogens with one attached hydrogen (secondary N) is 1. The van der Waals surface area contributed by atoms with Crippen LogP contribution in [-0.2, 0) is 4.74 Å². The highest BCUT2D eigenvalue weighted by Gasteiger charge is 2.40. The third kappa shape index (κ3) is 0.976. The number of carbonyl (C=O) groups excluding carboxylic acids is 1. The number of amides is 1. The molecule has 0 aromatic carbocycles. The summed E-state index contributed by atoms with van der Waals surface area (Å²) in [7, 11) is 1.80. The molecule has 2 aliphatic rings. The van der Waals surface area contributed by atoms with Crippen molar-refractivity contribution in [3.63, 3.8) is 0 Å². The van der Waals surface area contributed by atoms with Crippen molar-refractivity contribution in [3.05, 3.63) is 0 Å². The maximum Gasteiger partial charge on any atom is 0.410 e. The van der Waals surface area contributed by atoms with Crippen LogP contribution >= 0.6 is 0 Å². The SMILES string of the molecule is CN1C(=O)O[C@@H]2CNCC[C@@H]21. The van der Waals surface area contributed by atoms with E-state index >= 15 is 0 Å². The molecule has 0 aromatic rings. The molecule has 1 amide bonds. The molecule has 0 aliphatic carbocycles. The highest BCUT2D eigenvalue weighted by molar-refractivity contribution is 5.70. The highest BCUT2D eigenvalue weighted by atomic mass is 16.6. The summed E-state index contributed by atoms with van der Waals surface area (Å²) in [5.74, 6) is 0. The molecule has 2 fully saturated rings. The van der Waals surface area contributed by atoms with Gasteiger partial charge in [-0.05, 0) is 13.0 Å². The summed E-state index contributed by atoms with van der Waals surface area (Å²) in [5, 5.41) is 3.19. The summed E-state index contributed by atoms with van der Waals surface area (Å²) in [4.78, 5) is 12.7. The van der Waals surface area contributed by atoms with Crippen molar-refractivity contribution in [1.29, 1.82) is 0 Å². The predicted molar refractivity (Wildman–Crippen MR) is 39.3 cm³/mol. The monoisotopic (exact) mass is 156 g/mol. The Bertz CT molecular complexity index is 183. The van der Waals surface area contributed by atoms with Gasteiger partial charge in [-0.2, -0.15) is 0 Å². The Morgan fingerprint density at radius 3 is 3.27 bits per heavy atom. The van der Waals surface area contributed by atoms with Gasteiger partial charge in [0.2, 0.25) is 0 Å². The molecule has 0 aromatic heterocycles. The van der Waals surface area contributed by atoms with Gasteiger partial charge < -0.3 is 15.0 Å². The van der Waals surface area contributed by atoms with Crippen molar-refractivity contribution >= 4 is 6.09 Å². The molecule has 62 valence electrons. The number of likely N-dealkylation sites (N-methyl/N-ethyl adjacent to an activating group) is 1. The molecule has 0 radical (unpaired) electrons. The third-order valence-corrected chi connectivity index (χ3v) is 2.43. The molecule has 0 bridgehead atoms. The summed E-state index contributed by atoms with van der Waals surface area (Å²) in [6, 6.07) is 0.309. The molecule has 2 saturated heterocycles. The first-order valence-corrected chi connectivity index (χ1v) is 3.93. The number of hydrogen-bond donors (Lipinski definition) is 1. The van der Waals surface area contributed by atoms with Gasteiger partial charge in [-0.3, -0.25) is 0 Å². The fraction of sp³-hybridized carbons (Fsp3) is 0.857. The van der Waals surface area contributed by atoms with E-state index in [0.29, 0.717) is 6.04 Å². The van der Waals surface area contributed by atoms with E-state index in [9.17, 15) is 4.79 Å². The van der Waals surface area contributed by atoms with Crippen LogP contribution in [-0.4, -0.2) is 43.3 Å². The second-order valence-corrected chi connectivity index (χ2v) is 3.09. The van der Waals surface area contributed by atoms with Gasteiger partial charge in [0.25, 0.3) is 0 Å². The van der Waals surface area contributed by atoms with Gasteiger partial charge in [0.15, 0.2) is 0 Å². The number of fused-ring (bicyclic) bond motifs is 1. The van der Waals surface area contributed by atoms with Gasteiger partial charge in [0.05, 0.1) is 6.04 Å². The molecule has 2 heterocycles. The predicted octanol–water partition coefficient (Wildman–Crippen LogP) is -0.201. The molecule has 0 spiro atoms. The minimum Gasteiger partial charge on any atom is -0.443 e. The fourth-order valence-corrected chi connectivity index (χ4v) is 1.73. The maximum absolute atomic E-state index is 11.0. The summed E-state index contributed by atoms with van der Waals surface area (Å²) < 4.78 is 5.10. The Morgan fingerprint density at radius 1 is 1.73 bits per heavy atom. The Morgan fingerprint density at radius 2 is 2.55 bits per heavy atom. The number of nitrogens with zero attached hydrogens (tertiary/aromatic N) is 1. The average molecular weight is 156 g/mol. The zero-order valence-corrected chi connectivity index (χ0v) is 6.54. The van der Waals surface area contributed by atoms with Crippen molar-refractivity contribution in [2.24, 2.45) is 0 Å². The first-order chi connectivity index (χ1) is 5.29. The Balaban J connectivity index is 2.11. The third-order valence-electron chi connectivity index (χ3n) is 2.43. The van der Waals surface area contributed by atoms with E-state index in [1.54, 1.807) is 11.9 Å². The van der Waals surface area contributed by atoms with Gasteiger partial charge in [0, 0.05) is 13.6 Å². The van der Waals surface area contributed by atoms with Gasteiger partial charge in [-0.25, -0.2) is 4.79 Å². The molecular formula is C7H12N2O2. The fourth-order valence-electron chi connectivity index (χ4n) is 1.73. The number of ether oxygens (including phenoxy) is 1. The lowest BCUT2D eigenvalue weighted by molar-refractivity contribution is 0.121. The van der Waals surface area contributed by atoms with Crippen molar-refractivity contribution < 1.29 is 9.53 Å². The second-order valence-electron chi connectivity index (χ2n) is 3.09. The standard InChI is InChI=1S/C7H12N2O2/c1-9-5-2-3-8-4-6(5)11-7(9)10/h5-6,8H,2-4H2,1H3/t5-,6+/m0/s1. The first-order valence-electron chi connectivity index (χ1n) is 3.93. The normalized spacial score (nSPS) is 36.8. The van der Waals surface area contributed by atoms with E-state index in [4.69, 9.17) is 4.74 Å². The van der Waals surface area contributed by atoms with Crippen LogP contribution in [0.4, 0.5) is 4.79 Å². The summed E-state index contributed by atoms with van der Waals surface area (Å²) in [6.07, 6.45) is 0.914. The van der Waals surface area contributed by atoms with Gasteiger partial charge in [-0.15, -0.1) is 0 Å². The Hall–Kier alpha value is -0.770. The number of rotatable bonds is 0. The molecule has 11 heavy (non-hydrogen) atoms. The number of hydrogen-bond acceptors (Lipinski definition) is 3. The van der Waals surface area contributed by atoms with Crippen molar-refractivity contribution in [2.45, 2.75) is 18.6 Å². The minimum atomic E-state index is -0.177. The molecule has 2 aliphatic heterocycles. The van der Waals surface area contributed by atoms with E-state index in [-0.39, 0.29) is 12.2 Å². The zero-order chi connectivity index (χ0) is 7.84. The molecular weight excluding hydrogens is 144 g/mol. The lowest BCUT2D eigenvalue weighted by Crippen LogP contribution is -2.46. The molecule has 4 nitrogen and oxygen atoms in total. The quantitative estimate of drug-likeness (QED) is 0.528. The summed E-state index contributed by atoms with van der Waals surface area (Å²) in [5.41, 5.74) is 0. The van der Waals surface area contributed by atoms with E-state index in [1.807, 2.05) is 0 Å². The summed E-state index contributed by atoms with van der Waals surface area (Å²) in [6.45, 7) is 1.79. The van der Waals surface area contributed by atoms with Crippen LogP contribution in [0, 0.1) is 0 Å². The maximum atomic E-state index is 11.0. The van der Waals surface area contributed by atoms with Gasteiger partial charge in [0.1, 0.15) is 6.10 Å². The first kappa shape index (κ1) is 6.91. The van der Waals surface area contributed by atoms with Crippen molar-refractivity contribution in [2.75, 3.05) is 20.1 Å². The number of piperidine rings is 1. The van der Waals surface area contributed by atoms with E-state index in [1.165, 1.54) is 0 Å². The Labute approximate surface area is 65.5 Å². The average Bonchev–Trinajstić information content (AvgIpc) is 2.30. The summed E-state index contributed by atoms with van der Waals surface area (Å²) >= 11 is 0. The van der Waals surface area contributed by atoms with Crippen LogP contribution in [0.5, 0.6) is 0 Å². The minimum absolute atomic E-state index is 0.0845. The zero-order valence-electron chi connectivity index (χ0n) is 6.54. The molecule has 0 unspecified atom stereocenters. The highest BCUT2D eigenvalue weighted by Crippen LogP contribution is 2.21. The lowest BCUT2D eigenvalue weighted by atomic mass is 10.0. The smallest absolute Gasteiger partial charge is 0.410 e. The molecule has 1 N–H and O–H groups in total. The second kappa shape index (κ2) is 2.37. The van der Waals surface area contributed by atoms with Crippen LogP contribution in [0.25, 0.3) is 0 Å². The van der Waals surface area contributed by atoms with Crippen LogP contribution in [0.1, 0.15) is 6.42 Å². The van der Waals surface area contributed by atoms with E-state index in [2.05, 4.69) is 5.32 Å². The van der Waals surface area contributed by atoms with E-state index in [0.717, 1.165) is 19.5 Å². The largest absolute Gasteiger partial charge is 0.443 e. The molecule has 0 saturated carbocycles. The lowest BCUT2D eigenvalue weighted by Gasteiger charge is -2.26. The van der Waals surface area contributed by atoms with E-state index < -0.39 is 0 Å². The van der Waals surface area contributed by atoms with Crippen molar-refractivity contribution in [1.82, 2.24) is 10.2 Å². The molecule has 4 heteroatoms. The van der Waals surface area contributed by atoms with Crippen LogP contribution in [0.3, 0.4) is 0 Å². The topological polar surface area (TPSA) is 41.6 Å². The molecule has 2 rings (SSSR count). The van der Waals surface area contributed by atoms with Crippen LogP contribution < -0.4 is 5.32 Å². The van der Waals surface area contributed by atoms with Crippen LogP contribution in [0.15, 0.2) is 0 Å². The number of carbonyl (C=O) groups is 1. The van der Waals surface area contributed by atoms with Crippen molar-refractivity contribution in [3.8, 4) is 0 Å². The van der Waals surface area contributed by atoms with Gasteiger partial charge >= 0.3 is 6.09 Å². The van der Waals surface area contributed by atoms with Gasteiger partial charge in [-0.1, -0.05) is 0 Å². The molecule has 2 atom stereocenters.